The minimum absolute atomic E-state index is 0.0182. The number of rotatable bonds is 3. The molecule has 106 valence electrons. The number of halogens is 3. The second-order valence-electron chi connectivity index (χ2n) is 4.11. The molecule has 0 fully saturated rings. The van der Waals surface area contributed by atoms with Crippen LogP contribution in [0.4, 0.5) is 0 Å². The minimum atomic E-state index is -3.69. The van der Waals surface area contributed by atoms with Crippen LogP contribution in [0.1, 0.15) is 24.2 Å². The fourth-order valence-electron chi connectivity index (χ4n) is 1.28. The second kappa shape index (κ2) is 6.24. The van der Waals surface area contributed by atoms with Gasteiger partial charge in [0.05, 0.1) is 4.90 Å². The number of nitrogens with one attached hydrogen (secondary N) is 1. The Balaban J connectivity index is 3.19. The van der Waals surface area contributed by atoms with Crippen LogP contribution in [0.3, 0.4) is 0 Å². The lowest BCUT2D eigenvalue weighted by Crippen LogP contribution is -2.30. The summed E-state index contributed by atoms with van der Waals surface area (Å²) in [5, 5.41) is 2.71. The monoisotopic (exact) mass is 475 g/mol. The number of amides is 1. The van der Waals surface area contributed by atoms with E-state index in [0.29, 0.717) is 5.56 Å². The molecule has 0 heterocycles. The van der Waals surface area contributed by atoms with Crippen molar-refractivity contribution in [2.75, 3.05) is 0 Å². The summed E-state index contributed by atoms with van der Waals surface area (Å²) in [6.45, 7) is 3.66. The number of carbonyl (C=O) groups excluding carboxylic acids is 1. The topological polar surface area (TPSA) is 63.2 Å². The fourth-order valence-corrected chi connectivity index (χ4v) is 3.77. The fraction of sp³-hybridized carbons (Fsp3) is 0.364. The number of carbonyl (C=O) groups is 1. The molecule has 0 radical (unpaired) electrons. The zero-order valence-corrected chi connectivity index (χ0v) is 15.7. The Hall–Kier alpha value is 0.0800. The lowest BCUT2D eigenvalue weighted by Gasteiger charge is -2.14. The Morgan fingerprint density at radius 1 is 1.26 bits per heavy atom. The number of hydrogen-bond donors (Lipinski definition) is 1. The summed E-state index contributed by atoms with van der Waals surface area (Å²) in [6.07, 6.45) is 0. The summed E-state index contributed by atoms with van der Waals surface area (Å²) in [4.78, 5) is 11.9. The first-order valence-corrected chi connectivity index (χ1v) is 9.14. The van der Waals surface area contributed by atoms with Crippen molar-refractivity contribution in [1.82, 2.24) is 5.32 Å². The maximum Gasteiger partial charge on any atom is 0.251 e. The summed E-state index contributed by atoms with van der Waals surface area (Å²) >= 11 is 8.95. The maximum absolute atomic E-state index is 12.2. The molecule has 0 aliphatic rings. The molecule has 1 rings (SSSR count). The number of alkyl halides is 3. The van der Waals surface area contributed by atoms with Crippen LogP contribution in [0.25, 0.3) is 0 Å². The van der Waals surface area contributed by atoms with Crippen LogP contribution < -0.4 is 5.32 Å². The summed E-state index contributed by atoms with van der Waals surface area (Å²) in [5.41, 5.74) is 0.298. The van der Waals surface area contributed by atoms with E-state index in [4.69, 9.17) is 0 Å². The Morgan fingerprint density at radius 3 is 2.32 bits per heavy atom. The van der Waals surface area contributed by atoms with Crippen molar-refractivity contribution in [3.05, 3.63) is 29.8 Å². The van der Waals surface area contributed by atoms with E-state index in [9.17, 15) is 13.2 Å². The second-order valence-corrected chi connectivity index (χ2v) is 14.5. The van der Waals surface area contributed by atoms with Gasteiger partial charge in [0, 0.05) is 11.6 Å². The van der Waals surface area contributed by atoms with Crippen LogP contribution in [0.2, 0.25) is 0 Å². The molecule has 0 saturated carbocycles. The Kier molecular flexibility index (Phi) is 5.62. The third-order valence-electron chi connectivity index (χ3n) is 2.13. The number of hydrogen-bond acceptors (Lipinski definition) is 3. The molecule has 4 nitrogen and oxygen atoms in total. The lowest BCUT2D eigenvalue weighted by molar-refractivity contribution is 0.0943. The molecule has 0 bridgehead atoms. The highest BCUT2D eigenvalue weighted by Gasteiger charge is 2.37. The minimum Gasteiger partial charge on any atom is -0.350 e. The molecule has 1 N–H and O–H groups in total. The van der Waals surface area contributed by atoms with Gasteiger partial charge < -0.3 is 5.32 Å². The lowest BCUT2D eigenvalue weighted by atomic mass is 10.2. The third-order valence-corrected chi connectivity index (χ3v) is 7.45. The summed E-state index contributed by atoms with van der Waals surface area (Å²) in [7, 11) is -3.69. The molecular weight excluding hydrogens is 466 g/mol. The molecule has 0 atom stereocenters. The van der Waals surface area contributed by atoms with E-state index in [2.05, 4.69) is 53.1 Å². The average molecular weight is 478 g/mol. The third kappa shape index (κ3) is 4.27. The van der Waals surface area contributed by atoms with Crippen LogP contribution in [-0.2, 0) is 9.84 Å². The molecule has 1 aromatic carbocycles. The van der Waals surface area contributed by atoms with Gasteiger partial charge in [0.15, 0.2) is 0 Å². The van der Waals surface area contributed by atoms with Gasteiger partial charge in [-0.2, -0.15) is 0 Å². The highest BCUT2D eigenvalue weighted by molar-refractivity contribution is 9.42. The van der Waals surface area contributed by atoms with Gasteiger partial charge in [-0.15, -0.1) is 0 Å². The zero-order chi connectivity index (χ0) is 14.8. The normalized spacial score (nSPS) is 12.5. The number of sulfone groups is 1. The predicted molar refractivity (Wildman–Crippen MR) is 85.7 cm³/mol. The van der Waals surface area contributed by atoms with Crippen molar-refractivity contribution in [2.24, 2.45) is 0 Å². The van der Waals surface area contributed by atoms with Crippen molar-refractivity contribution in [2.45, 2.75) is 26.3 Å². The smallest absolute Gasteiger partial charge is 0.251 e. The van der Waals surface area contributed by atoms with Gasteiger partial charge >= 0.3 is 0 Å². The molecule has 8 heteroatoms. The first-order valence-electron chi connectivity index (χ1n) is 5.28. The molecule has 0 unspecified atom stereocenters. The van der Waals surface area contributed by atoms with Gasteiger partial charge in [0.25, 0.3) is 5.91 Å². The van der Waals surface area contributed by atoms with E-state index in [1.54, 1.807) is 6.07 Å². The van der Waals surface area contributed by atoms with Gasteiger partial charge in [-0.05, 0) is 79.8 Å². The van der Waals surface area contributed by atoms with Gasteiger partial charge in [0.1, 0.15) is 0 Å². The van der Waals surface area contributed by atoms with Crippen LogP contribution in [0.15, 0.2) is 29.2 Å². The van der Waals surface area contributed by atoms with E-state index in [1.165, 1.54) is 18.2 Å². The highest BCUT2D eigenvalue weighted by atomic mass is 80.0. The quantitative estimate of drug-likeness (QED) is 0.679. The summed E-state index contributed by atoms with van der Waals surface area (Å²) in [6, 6.07) is 5.84. The molecule has 1 aromatic rings. The molecule has 0 spiro atoms. The molecule has 19 heavy (non-hydrogen) atoms. The predicted octanol–water partition coefficient (Wildman–Crippen LogP) is 3.39. The average Bonchev–Trinajstić information content (AvgIpc) is 2.26. The van der Waals surface area contributed by atoms with Crippen LogP contribution in [0, 0.1) is 0 Å². The molecule has 0 saturated heterocycles. The van der Waals surface area contributed by atoms with Gasteiger partial charge in [0.2, 0.25) is 11.3 Å². The molecule has 0 aromatic heterocycles. The number of benzene rings is 1. The summed E-state index contributed by atoms with van der Waals surface area (Å²) < 4.78 is 22.9. The molecule has 1 amide bonds. The van der Waals surface area contributed by atoms with Gasteiger partial charge in [-0.25, -0.2) is 8.42 Å². The molecule has 0 aliphatic heterocycles. The van der Waals surface area contributed by atoms with Crippen LogP contribution >= 0.6 is 47.8 Å². The standard InChI is InChI=1S/C11H12Br3NO3S/c1-7(2)15-10(16)8-4-3-5-9(6-8)19(17,18)11(12,13)14/h3-7H,1-2H3,(H,15,16). The largest absolute Gasteiger partial charge is 0.350 e. The van der Waals surface area contributed by atoms with E-state index < -0.39 is 11.3 Å². The zero-order valence-electron chi connectivity index (χ0n) is 10.2. The maximum atomic E-state index is 12.2. The van der Waals surface area contributed by atoms with Crippen molar-refractivity contribution in [1.29, 1.82) is 0 Å². The molecule has 0 aliphatic carbocycles. The Morgan fingerprint density at radius 2 is 1.84 bits per heavy atom. The van der Waals surface area contributed by atoms with Crippen molar-refractivity contribution in [3.8, 4) is 0 Å². The van der Waals surface area contributed by atoms with E-state index >= 15 is 0 Å². The van der Waals surface area contributed by atoms with Crippen molar-refractivity contribution >= 4 is 63.5 Å². The van der Waals surface area contributed by atoms with Gasteiger partial charge in [-0.3, -0.25) is 4.79 Å². The van der Waals surface area contributed by atoms with E-state index in [-0.39, 0.29) is 16.8 Å². The summed E-state index contributed by atoms with van der Waals surface area (Å²) in [5.74, 6) is -0.309. The van der Waals surface area contributed by atoms with Crippen molar-refractivity contribution < 1.29 is 13.2 Å². The Labute approximate surface area is 137 Å². The SMILES string of the molecule is CC(C)NC(=O)c1cccc(S(=O)(=O)C(Br)(Br)Br)c1. The first kappa shape index (κ1) is 17.1. The van der Waals surface area contributed by atoms with E-state index in [0.717, 1.165) is 0 Å². The van der Waals surface area contributed by atoms with Crippen LogP contribution in [0.5, 0.6) is 0 Å². The first-order chi connectivity index (χ1) is 8.55. The Bertz CT molecular complexity index is 579. The van der Waals surface area contributed by atoms with Crippen LogP contribution in [-0.4, -0.2) is 21.8 Å². The van der Waals surface area contributed by atoms with Gasteiger partial charge in [-0.1, -0.05) is 6.07 Å². The highest BCUT2D eigenvalue weighted by Crippen LogP contribution is 2.43. The molecular formula is C11H12Br3NO3S. The van der Waals surface area contributed by atoms with E-state index in [1.807, 2.05) is 13.8 Å². The van der Waals surface area contributed by atoms with Crippen molar-refractivity contribution in [3.63, 3.8) is 0 Å².